The Morgan fingerprint density at radius 2 is 1.92 bits per heavy atom. The molecule has 8 heteroatoms. The molecule has 1 aromatic heterocycles. The van der Waals surface area contributed by atoms with Crippen LogP contribution in [0.1, 0.15) is 52.0 Å². The minimum Gasteiger partial charge on any atom is -0.493 e. The minimum atomic E-state index is -0.265. The number of esters is 1. The number of unbranched alkanes of at least 4 members (excludes halogenated alkanes) is 2. The van der Waals surface area contributed by atoms with E-state index < -0.39 is 0 Å². The van der Waals surface area contributed by atoms with Gasteiger partial charge < -0.3 is 23.7 Å². The molecule has 8 nitrogen and oxygen atoms in total. The van der Waals surface area contributed by atoms with Crippen LogP contribution in [0.3, 0.4) is 0 Å². The first-order valence-electron chi connectivity index (χ1n) is 13.6. The van der Waals surface area contributed by atoms with Gasteiger partial charge in [-0.1, -0.05) is 31.9 Å². The Bertz CT molecular complexity index is 1250. The number of carbonyl (C=O) groups excluding carboxylic acids is 2. The molecule has 0 aliphatic carbocycles. The molecular formula is C30H39N3O5. The van der Waals surface area contributed by atoms with Crippen molar-refractivity contribution in [1.82, 2.24) is 9.47 Å². The van der Waals surface area contributed by atoms with Crippen molar-refractivity contribution >= 4 is 28.6 Å². The van der Waals surface area contributed by atoms with E-state index in [1.807, 2.05) is 63.0 Å². The van der Waals surface area contributed by atoms with Crippen LogP contribution in [0.25, 0.3) is 10.9 Å². The van der Waals surface area contributed by atoms with Crippen molar-refractivity contribution in [3.63, 3.8) is 0 Å². The summed E-state index contributed by atoms with van der Waals surface area (Å²) >= 11 is 0. The van der Waals surface area contributed by atoms with Gasteiger partial charge >= 0.3 is 12.0 Å². The van der Waals surface area contributed by atoms with Crippen LogP contribution in [-0.4, -0.2) is 54.4 Å². The molecule has 0 N–H and O–H groups in total. The van der Waals surface area contributed by atoms with Crippen LogP contribution >= 0.6 is 0 Å². The number of hydrogen-bond acceptors (Lipinski definition) is 5. The molecule has 3 aromatic rings. The zero-order chi connectivity index (χ0) is 27.1. The molecule has 0 saturated carbocycles. The molecule has 4 rings (SSSR count). The van der Waals surface area contributed by atoms with E-state index in [9.17, 15) is 9.59 Å². The smallest absolute Gasteiger partial charge is 0.325 e. The lowest BCUT2D eigenvalue weighted by atomic mass is 10.1. The van der Waals surface area contributed by atoms with Gasteiger partial charge in [0.25, 0.3) is 0 Å². The van der Waals surface area contributed by atoms with Crippen LogP contribution in [0.5, 0.6) is 11.5 Å². The summed E-state index contributed by atoms with van der Waals surface area (Å²) in [6.45, 7) is 8.31. The molecule has 204 valence electrons. The second kappa shape index (κ2) is 12.7. The van der Waals surface area contributed by atoms with Crippen molar-refractivity contribution < 1.29 is 23.8 Å². The average molecular weight is 522 g/mol. The average Bonchev–Trinajstić information content (AvgIpc) is 3.32. The lowest BCUT2D eigenvalue weighted by Gasteiger charge is -2.40. The van der Waals surface area contributed by atoms with Gasteiger partial charge in [0.1, 0.15) is 6.54 Å². The monoisotopic (exact) mass is 521 g/mol. The van der Waals surface area contributed by atoms with Crippen molar-refractivity contribution in [3.05, 3.63) is 54.2 Å². The number of amides is 2. The Morgan fingerprint density at radius 3 is 2.68 bits per heavy atom. The molecule has 1 atom stereocenters. The maximum Gasteiger partial charge on any atom is 0.325 e. The number of carbonyl (C=O) groups is 2. The van der Waals surface area contributed by atoms with Crippen molar-refractivity contribution in [2.24, 2.45) is 0 Å². The lowest BCUT2D eigenvalue weighted by Crippen LogP contribution is -2.53. The number of ether oxygens (including phenoxy) is 3. The molecule has 2 amide bonds. The summed E-state index contributed by atoms with van der Waals surface area (Å²) in [5.41, 5.74) is 2.79. The summed E-state index contributed by atoms with van der Waals surface area (Å²) < 4.78 is 18.5. The predicted molar refractivity (Wildman–Crippen MR) is 149 cm³/mol. The van der Waals surface area contributed by atoms with Gasteiger partial charge in [0.15, 0.2) is 11.5 Å². The number of benzene rings is 2. The largest absolute Gasteiger partial charge is 0.493 e. The first kappa shape index (κ1) is 27.4. The third-order valence-electron chi connectivity index (χ3n) is 7.09. The first-order chi connectivity index (χ1) is 18.5. The highest BCUT2D eigenvalue weighted by atomic mass is 16.5. The molecule has 0 spiro atoms. The zero-order valence-electron chi connectivity index (χ0n) is 22.9. The number of hydrogen-bond donors (Lipinski definition) is 0. The fourth-order valence-corrected chi connectivity index (χ4v) is 4.95. The SMILES string of the molecule is CCCCCOc1cc(N2CC[C@@H](C)N(Cc3cccc4c3ccn4CC(=O)OCC)C2=O)ccc1OC. The number of urea groups is 1. The second-order valence-electron chi connectivity index (χ2n) is 9.69. The van der Waals surface area contributed by atoms with Gasteiger partial charge in [-0.15, -0.1) is 0 Å². The molecule has 0 radical (unpaired) electrons. The van der Waals surface area contributed by atoms with Crippen molar-refractivity contribution in [3.8, 4) is 11.5 Å². The summed E-state index contributed by atoms with van der Waals surface area (Å²) in [6.07, 6.45) is 5.96. The molecule has 38 heavy (non-hydrogen) atoms. The molecule has 1 fully saturated rings. The summed E-state index contributed by atoms with van der Waals surface area (Å²) in [5, 5.41) is 1.03. The van der Waals surface area contributed by atoms with E-state index in [1.54, 1.807) is 14.0 Å². The van der Waals surface area contributed by atoms with Crippen LogP contribution in [0, 0.1) is 0 Å². The van der Waals surface area contributed by atoms with Crippen LogP contribution in [0.15, 0.2) is 48.7 Å². The Balaban J connectivity index is 1.54. The molecular weight excluding hydrogens is 482 g/mol. The Hall–Kier alpha value is -3.68. The number of fused-ring (bicyclic) bond motifs is 1. The van der Waals surface area contributed by atoms with Gasteiger partial charge in [-0.2, -0.15) is 0 Å². The maximum absolute atomic E-state index is 13.8. The van der Waals surface area contributed by atoms with Gasteiger partial charge in [-0.25, -0.2) is 4.79 Å². The van der Waals surface area contributed by atoms with Gasteiger partial charge in [0, 0.05) is 48.0 Å². The lowest BCUT2D eigenvalue weighted by molar-refractivity contribution is -0.143. The highest BCUT2D eigenvalue weighted by Crippen LogP contribution is 2.34. The number of rotatable bonds is 12. The van der Waals surface area contributed by atoms with Crippen LogP contribution in [-0.2, 0) is 22.6 Å². The van der Waals surface area contributed by atoms with E-state index in [0.29, 0.717) is 37.8 Å². The minimum absolute atomic E-state index is 0.0335. The molecule has 1 saturated heterocycles. The van der Waals surface area contributed by atoms with E-state index >= 15 is 0 Å². The summed E-state index contributed by atoms with van der Waals surface area (Å²) in [4.78, 5) is 29.6. The third kappa shape index (κ3) is 6.06. The predicted octanol–water partition coefficient (Wildman–Crippen LogP) is 6.00. The quantitative estimate of drug-likeness (QED) is 0.216. The first-order valence-corrected chi connectivity index (χ1v) is 13.6. The third-order valence-corrected chi connectivity index (χ3v) is 7.09. The van der Waals surface area contributed by atoms with Crippen molar-refractivity contribution in [2.45, 2.75) is 65.6 Å². The number of aromatic nitrogens is 1. The van der Waals surface area contributed by atoms with E-state index in [1.165, 1.54) is 0 Å². The normalized spacial score (nSPS) is 15.7. The zero-order valence-corrected chi connectivity index (χ0v) is 22.9. The van der Waals surface area contributed by atoms with Gasteiger partial charge in [-0.05, 0) is 56.5 Å². The Morgan fingerprint density at radius 1 is 1.08 bits per heavy atom. The summed E-state index contributed by atoms with van der Waals surface area (Å²) in [7, 11) is 1.63. The molecule has 1 aliphatic rings. The van der Waals surface area contributed by atoms with Crippen LogP contribution in [0.4, 0.5) is 10.5 Å². The number of anilines is 1. The van der Waals surface area contributed by atoms with Gasteiger partial charge in [-0.3, -0.25) is 9.69 Å². The standard InChI is InChI=1S/C30H39N3O5/c1-5-7-8-18-38-28-19-24(12-13-27(28)36-4)32-17-14-22(3)33(30(32)35)20-23-10-9-11-26-25(23)15-16-31(26)21-29(34)37-6-2/h9-13,15-16,19,22H,5-8,14,17-18,20-21H2,1-4H3/t22-/m1/s1. The van der Waals surface area contributed by atoms with Crippen molar-refractivity contribution in [2.75, 3.05) is 31.8 Å². The van der Waals surface area contributed by atoms with Crippen LogP contribution < -0.4 is 14.4 Å². The maximum atomic E-state index is 13.8. The highest BCUT2D eigenvalue weighted by Gasteiger charge is 2.32. The highest BCUT2D eigenvalue weighted by molar-refractivity contribution is 5.94. The number of nitrogens with zero attached hydrogens (tertiary/aromatic N) is 3. The molecule has 0 bridgehead atoms. The van der Waals surface area contributed by atoms with Gasteiger partial charge in [0.05, 0.1) is 20.3 Å². The summed E-state index contributed by atoms with van der Waals surface area (Å²) in [5.74, 6) is 1.06. The molecule has 0 unspecified atom stereocenters. The van der Waals surface area contributed by atoms with Crippen LogP contribution in [0.2, 0.25) is 0 Å². The summed E-state index contributed by atoms with van der Waals surface area (Å²) in [6, 6.07) is 13.8. The fourth-order valence-electron chi connectivity index (χ4n) is 4.95. The van der Waals surface area contributed by atoms with E-state index in [0.717, 1.165) is 47.8 Å². The Kier molecular flexibility index (Phi) is 9.15. The van der Waals surface area contributed by atoms with E-state index in [-0.39, 0.29) is 24.6 Å². The van der Waals surface area contributed by atoms with E-state index in [2.05, 4.69) is 13.8 Å². The van der Waals surface area contributed by atoms with Gasteiger partial charge in [0.2, 0.25) is 0 Å². The van der Waals surface area contributed by atoms with E-state index in [4.69, 9.17) is 14.2 Å². The molecule has 1 aliphatic heterocycles. The molecule has 2 heterocycles. The topological polar surface area (TPSA) is 73.2 Å². The van der Waals surface area contributed by atoms with Crippen molar-refractivity contribution in [1.29, 1.82) is 0 Å². The molecule has 2 aromatic carbocycles. The fraction of sp³-hybridized carbons (Fsp3) is 0.467. The number of methoxy groups -OCH3 is 1. The second-order valence-corrected chi connectivity index (χ2v) is 9.69. The Labute approximate surface area is 225 Å².